The molecule has 0 amide bonds. The molecule has 4 aromatic rings. The summed E-state index contributed by atoms with van der Waals surface area (Å²) in [5.74, 6) is 1.74. The second kappa shape index (κ2) is 7.59. The summed E-state index contributed by atoms with van der Waals surface area (Å²) in [6.45, 7) is 5.32. The van der Waals surface area contributed by atoms with Crippen molar-refractivity contribution in [2.45, 2.75) is 19.8 Å². The second-order valence-corrected chi connectivity index (χ2v) is 9.00. The highest BCUT2D eigenvalue weighted by Gasteiger charge is 2.23. The smallest absolute Gasteiger partial charge is 0.163 e. The first kappa shape index (κ1) is 18.7. The molecule has 4 aromatic heterocycles. The Balaban J connectivity index is 1.56. The van der Waals surface area contributed by atoms with E-state index in [0.717, 1.165) is 77.6 Å². The molecule has 6 rings (SSSR count). The van der Waals surface area contributed by atoms with E-state index in [4.69, 9.17) is 14.7 Å². The Hall–Kier alpha value is -3.03. The lowest BCUT2D eigenvalue weighted by Crippen LogP contribution is -2.36. The van der Waals surface area contributed by atoms with E-state index in [9.17, 15) is 0 Å². The Labute approximate surface area is 184 Å². The monoisotopic (exact) mass is 429 g/mol. The van der Waals surface area contributed by atoms with Gasteiger partial charge in [-0.1, -0.05) is 18.2 Å². The van der Waals surface area contributed by atoms with Gasteiger partial charge in [0, 0.05) is 41.3 Å². The zero-order chi connectivity index (χ0) is 20.8. The van der Waals surface area contributed by atoms with Crippen molar-refractivity contribution in [3.8, 4) is 11.4 Å². The molecule has 156 valence electrons. The number of fused-ring (bicyclic) bond motifs is 2. The summed E-state index contributed by atoms with van der Waals surface area (Å²) in [5, 5.41) is 1.06. The topological polar surface area (TPSA) is 66.9 Å². The van der Waals surface area contributed by atoms with Gasteiger partial charge in [-0.2, -0.15) is 0 Å². The molecule has 5 heterocycles. The molecule has 1 aliphatic carbocycles. The van der Waals surface area contributed by atoms with Gasteiger partial charge < -0.3 is 14.6 Å². The SMILES string of the molecule is Cc1c(C2=CCCC=C2)sc2c(N3CCOCC3)nc(-c3cnc4[nH]ccc4c3)nc12. The lowest BCUT2D eigenvalue weighted by atomic mass is 10.0. The van der Waals surface area contributed by atoms with Crippen molar-refractivity contribution in [3.05, 3.63) is 53.2 Å². The molecular weight excluding hydrogens is 406 g/mol. The van der Waals surface area contributed by atoms with E-state index < -0.39 is 0 Å². The normalized spacial score (nSPS) is 16.9. The Morgan fingerprint density at radius 3 is 2.90 bits per heavy atom. The van der Waals surface area contributed by atoms with E-state index in [1.54, 1.807) is 0 Å². The van der Waals surface area contributed by atoms with Crippen molar-refractivity contribution in [2.75, 3.05) is 31.2 Å². The van der Waals surface area contributed by atoms with E-state index in [2.05, 4.69) is 46.1 Å². The number of hydrogen-bond acceptors (Lipinski definition) is 6. The van der Waals surface area contributed by atoms with Crippen molar-refractivity contribution < 1.29 is 4.74 Å². The molecule has 1 aliphatic heterocycles. The standard InChI is InChI=1S/C24H23N5OS/c1-15-19-21(31-20(15)16-5-3-2-4-6-16)24(29-9-11-30-12-10-29)28-23(27-19)18-13-17-7-8-25-22(17)26-14-18/h3,5-8,13-14H,2,4,9-12H2,1H3,(H,25,26). The van der Waals surface area contributed by atoms with Crippen LogP contribution in [0.4, 0.5) is 5.82 Å². The third-order valence-electron chi connectivity index (χ3n) is 5.97. The molecule has 6 nitrogen and oxygen atoms in total. The number of thiophene rings is 1. The number of nitrogens with zero attached hydrogens (tertiary/aromatic N) is 4. The maximum Gasteiger partial charge on any atom is 0.163 e. The van der Waals surface area contributed by atoms with Crippen molar-refractivity contribution in [1.29, 1.82) is 0 Å². The molecular formula is C24H23N5OS. The number of allylic oxidation sites excluding steroid dienone is 4. The maximum atomic E-state index is 5.60. The van der Waals surface area contributed by atoms with E-state index in [1.807, 2.05) is 29.8 Å². The first-order valence-electron chi connectivity index (χ1n) is 10.7. The summed E-state index contributed by atoms with van der Waals surface area (Å²) >= 11 is 1.81. The molecule has 1 saturated heterocycles. The number of hydrogen-bond donors (Lipinski definition) is 1. The Morgan fingerprint density at radius 2 is 2.06 bits per heavy atom. The van der Waals surface area contributed by atoms with Crippen LogP contribution < -0.4 is 4.90 Å². The number of ether oxygens (including phenoxy) is 1. The highest BCUT2D eigenvalue weighted by atomic mass is 32.1. The van der Waals surface area contributed by atoms with Crippen molar-refractivity contribution >= 4 is 44.0 Å². The average Bonchev–Trinajstić information content (AvgIpc) is 3.43. The van der Waals surface area contributed by atoms with Gasteiger partial charge in [-0.15, -0.1) is 11.3 Å². The molecule has 0 saturated carbocycles. The molecule has 1 fully saturated rings. The van der Waals surface area contributed by atoms with Crippen LogP contribution in [0.25, 0.3) is 38.2 Å². The maximum absolute atomic E-state index is 5.60. The fourth-order valence-electron chi connectivity index (χ4n) is 4.31. The largest absolute Gasteiger partial charge is 0.378 e. The van der Waals surface area contributed by atoms with Crippen LogP contribution in [-0.2, 0) is 4.74 Å². The van der Waals surface area contributed by atoms with E-state index in [1.165, 1.54) is 16.0 Å². The summed E-state index contributed by atoms with van der Waals surface area (Å²) in [6.07, 6.45) is 12.8. The predicted octanol–water partition coefficient (Wildman–Crippen LogP) is 5.11. The van der Waals surface area contributed by atoms with E-state index >= 15 is 0 Å². The predicted molar refractivity (Wildman–Crippen MR) is 127 cm³/mol. The van der Waals surface area contributed by atoms with Crippen molar-refractivity contribution in [1.82, 2.24) is 19.9 Å². The number of pyridine rings is 1. The zero-order valence-corrected chi connectivity index (χ0v) is 18.2. The van der Waals surface area contributed by atoms with Gasteiger partial charge in [0.05, 0.1) is 23.4 Å². The Bertz CT molecular complexity index is 1340. The van der Waals surface area contributed by atoms with Crippen LogP contribution in [0.5, 0.6) is 0 Å². The molecule has 2 aliphatic rings. The summed E-state index contributed by atoms with van der Waals surface area (Å²) in [7, 11) is 0. The number of nitrogens with one attached hydrogen (secondary N) is 1. The lowest BCUT2D eigenvalue weighted by Gasteiger charge is -2.28. The van der Waals surface area contributed by atoms with Crippen LogP contribution in [0.2, 0.25) is 0 Å². The summed E-state index contributed by atoms with van der Waals surface area (Å²) in [4.78, 5) is 21.5. The number of morpholine rings is 1. The van der Waals surface area contributed by atoms with Gasteiger partial charge in [-0.25, -0.2) is 15.0 Å². The number of H-pyrrole nitrogens is 1. The van der Waals surface area contributed by atoms with Gasteiger partial charge in [0.15, 0.2) is 11.6 Å². The second-order valence-electron chi connectivity index (χ2n) is 7.98. The molecule has 7 heteroatoms. The molecule has 1 N–H and O–H groups in total. The molecule has 0 unspecified atom stereocenters. The zero-order valence-electron chi connectivity index (χ0n) is 17.4. The number of aromatic nitrogens is 4. The van der Waals surface area contributed by atoms with E-state index in [0.29, 0.717) is 0 Å². The fraction of sp³-hybridized carbons (Fsp3) is 0.292. The van der Waals surface area contributed by atoms with Crippen molar-refractivity contribution in [2.24, 2.45) is 0 Å². The molecule has 0 spiro atoms. The number of aromatic amines is 1. The summed E-state index contributed by atoms with van der Waals surface area (Å²) in [5.41, 5.74) is 5.39. The molecule has 0 atom stereocenters. The Kier molecular flexibility index (Phi) is 4.58. The van der Waals surface area contributed by atoms with Gasteiger partial charge in [0.2, 0.25) is 0 Å². The van der Waals surface area contributed by atoms with Crippen LogP contribution in [0, 0.1) is 6.92 Å². The fourth-order valence-corrected chi connectivity index (χ4v) is 5.60. The molecule has 0 radical (unpaired) electrons. The summed E-state index contributed by atoms with van der Waals surface area (Å²) in [6, 6.07) is 4.14. The summed E-state index contributed by atoms with van der Waals surface area (Å²) < 4.78 is 6.76. The van der Waals surface area contributed by atoms with Gasteiger partial charge in [-0.3, -0.25) is 0 Å². The quantitative estimate of drug-likeness (QED) is 0.490. The van der Waals surface area contributed by atoms with Crippen LogP contribution in [0.15, 0.2) is 42.8 Å². The number of rotatable bonds is 3. The first-order valence-corrected chi connectivity index (χ1v) is 11.5. The van der Waals surface area contributed by atoms with Crippen LogP contribution in [0.3, 0.4) is 0 Å². The van der Waals surface area contributed by atoms with Gasteiger partial charge >= 0.3 is 0 Å². The third-order valence-corrected chi connectivity index (χ3v) is 7.30. The minimum absolute atomic E-state index is 0.725. The van der Waals surface area contributed by atoms with Gasteiger partial charge in [0.25, 0.3) is 0 Å². The van der Waals surface area contributed by atoms with E-state index in [-0.39, 0.29) is 0 Å². The van der Waals surface area contributed by atoms with Crippen LogP contribution in [-0.4, -0.2) is 46.2 Å². The molecule has 0 bridgehead atoms. The van der Waals surface area contributed by atoms with Crippen LogP contribution in [0.1, 0.15) is 23.3 Å². The highest BCUT2D eigenvalue weighted by Crippen LogP contribution is 2.41. The first-order chi connectivity index (χ1) is 15.3. The van der Waals surface area contributed by atoms with Crippen LogP contribution >= 0.6 is 11.3 Å². The number of aryl methyl sites for hydroxylation is 1. The van der Waals surface area contributed by atoms with Gasteiger partial charge in [0.1, 0.15) is 5.65 Å². The minimum atomic E-state index is 0.725. The third kappa shape index (κ3) is 3.25. The highest BCUT2D eigenvalue weighted by molar-refractivity contribution is 7.20. The number of anilines is 1. The van der Waals surface area contributed by atoms with Gasteiger partial charge in [-0.05, 0) is 43.0 Å². The lowest BCUT2D eigenvalue weighted by molar-refractivity contribution is 0.122. The molecule has 31 heavy (non-hydrogen) atoms. The van der Waals surface area contributed by atoms with Crippen molar-refractivity contribution in [3.63, 3.8) is 0 Å². The minimum Gasteiger partial charge on any atom is -0.378 e. The molecule has 0 aromatic carbocycles. The average molecular weight is 430 g/mol. The Morgan fingerprint density at radius 1 is 1.16 bits per heavy atom.